The fourth-order valence-electron chi connectivity index (χ4n) is 3.64. The summed E-state index contributed by atoms with van der Waals surface area (Å²) in [6.45, 7) is 8.99. The van der Waals surface area contributed by atoms with Gasteiger partial charge >= 0.3 is 0 Å². The van der Waals surface area contributed by atoms with Gasteiger partial charge in [0.1, 0.15) is 0 Å². The van der Waals surface area contributed by atoms with Gasteiger partial charge in [0.2, 0.25) is 0 Å². The van der Waals surface area contributed by atoms with Crippen LogP contribution in [0, 0.1) is 0 Å². The lowest BCUT2D eigenvalue weighted by atomic mass is 9.80. The van der Waals surface area contributed by atoms with Crippen LogP contribution >= 0.6 is 0 Å². The number of hydrogen-bond acceptors (Lipinski definition) is 2. The lowest BCUT2D eigenvalue weighted by Crippen LogP contribution is -2.21. The van der Waals surface area contributed by atoms with E-state index in [2.05, 4.69) is 87.3 Å². The van der Waals surface area contributed by atoms with Crippen LogP contribution in [-0.2, 0) is 11.8 Å². The van der Waals surface area contributed by atoms with Crippen LogP contribution in [0.25, 0.3) is 21.8 Å². The Morgan fingerprint density at radius 2 is 1.63 bits per heavy atom. The zero-order valence-electron chi connectivity index (χ0n) is 16.5. The fraction of sp³-hybridized carbons (Fsp3) is 0.280. The largest absolute Gasteiger partial charge is 0.256 e. The van der Waals surface area contributed by atoms with E-state index in [9.17, 15) is 0 Å². The summed E-state index contributed by atoms with van der Waals surface area (Å²) in [4.78, 5) is 9.57. The summed E-state index contributed by atoms with van der Waals surface area (Å²) in [5, 5.41) is 2.41. The van der Waals surface area contributed by atoms with Gasteiger partial charge in [-0.2, -0.15) is 0 Å². The summed E-state index contributed by atoms with van der Waals surface area (Å²) in [6.07, 6.45) is 2.90. The minimum atomic E-state index is -0.0322. The van der Waals surface area contributed by atoms with Gasteiger partial charge in [-0.3, -0.25) is 9.97 Å². The van der Waals surface area contributed by atoms with Crippen LogP contribution in [0.3, 0.4) is 0 Å². The van der Waals surface area contributed by atoms with Gasteiger partial charge in [-0.1, -0.05) is 58.0 Å². The van der Waals surface area contributed by atoms with Gasteiger partial charge in [0.15, 0.2) is 0 Å². The van der Waals surface area contributed by atoms with Crippen molar-refractivity contribution < 1.29 is 0 Å². The number of para-hydroxylation sites is 1. The van der Waals surface area contributed by atoms with E-state index < -0.39 is 0 Å². The standard InChI is InChI=1S/C25H26N2/c1-17(2)18-10-12-24-20(13-18)9-11-22(27-24)15-25(3,4)21-14-19-7-5-6-8-23(19)26-16-21/h5-14,16-17H,15H2,1-4H3. The number of hydrogen-bond donors (Lipinski definition) is 0. The Kier molecular flexibility index (Phi) is 4.43. The highest BCUT2D eigenvalue weighted by Crippen LogP contribution is 2.29. The minimum Gasteiger partial charge on any atom is -0.256 e. The second kappa shape index (κ2) is 6.77. The summed E-state index contributed by atoms with van der Waals surface area (Å²) >= 11 is 0. The number of rotatable bonds is 4. The van der Waals surface area contributed by atoms with Crippen LogP contribution in [0.5, 0.6) is 0 Å². The molecule has 0 fully saturated rings. The third-order valence-corrected chi connectivity index (χ3v) is 5.43. The molecule has 2 aromatic carbocycles. The predicted octanol–water partition coefficient (Wildman–Crippen LogP) is 6.43. The molecule has 0 saturated carbocycles. The summed E-state index contributed by atoms with van der Waals surface area (Å²) in [7, 11) is 0. The van der Waals surface area contributed by atoms with Crippen molar-refractivity contribution in [2.45, 2.75) is 45.4 Å². The van der Waals surface area contributed by atoms with E-state index in [0.29, 0.717) is 5.92 Å². The lowest BCUT2D eigenvalue weighted by molar-refractivity contribution is 0.515. The topological polar surface area (TPSA) is 25.8 Å². The molecule has 27 heavy (non-hydrogen) atoms. The average Bonchev–Trinajstić information content (AvgIpc) is 2.66. The first-order chi connectivity index (χ1) is 12.9. The molecular formula is C25H26N2. The molecule has 136 valence electrons. The van der Waals surface area contributed by atoms with Crippen molar-refractivity contribution in [2.75, 3.05) is 0 Å². The normalized spacial score (nSPS) is 12.2. The van der Waals surface area contributed by atoms with Crippen LogP contribution in [0.2, 0.25) is 0 Å². The van der Waals surface area contributed by atoms with Crippen LogP contribution in [-0.4, -0.2) is 9.97 Å². The number of nitrogens with zero attached hydrogens (tertiary/aromatic N) is 2. The Balaban J connectivity index is 1.65. The van der Waals surface area contributed by atoms with E-state index in [4.69, 9.17) is 4.98 Å². The predicted molar refractivity (Wildman–Crippen MR) is 114 cm³/mol. The molecule has 4 rings (SSSR count). The van der Waals surface area contributed by atoms with Crippen molar-refractivity contribution in [2.24, 2.45) is 0 Å². The molecule has 0 unspecified atom stereocenters. The number of pyridine rings is 2. The molecule has 0 N–H and O–H groups in total. The number of aromatic nitrogens is 2. The Bertz CT molecular complexity index is 1110. The maximum atomic E-state index is 4.93. The Labute approximate surface area is 161 Å². The zero-order valence-corrected chi connectivity index (χ0v) is 16.5. The third-order valence-electron chi connectivity index (χ3n) is 5.43. The van der Waals surface area contributed by atoms with Crippen LogP contribution in [0.15, 0.2) is 66.9 Å². The molecule has 0 spiro atoms. The summed E-state index contributed by atoms with van der Waals surface area (Å²) < 4.78 is 0. The fourth-order valence-corrected chi connectivity index (χ4v) is 3.64. The molecule has 2 heterocycles. The first-order valence-corrected chi connectivity index (χ1v) is 9.67. The molecule has 2 nitrogen and oxygen atoms in total. The van der Waals surface area contributed by atoms with Crippen molar-refractivity contribution in [1.29, 1.82) is 0 Å². The summed E-state index contributed by atoms with van der Waals surface area (Å²) in [5.41, 5.74) is 5.82. The molecule has 0 aliphatic carbocycles. The molecular weight excluding hydrogens is 328 g/mol. The number of fused-ring (bicyclic) bond motifs is 2. The highest BCUT2D eigenvalue weighted by atomic mass is 14.7. The summed E-state index contributed by atoms with van der Waals surface area (Å²) in [6, 6.07) is 21.5. The maximum absolute atomic E-state index is 4.93. The van der Waals surface area contributed by atoms with Gasteiger partial charge in [0, 0.05) is 22.7 Å². The molecule has 2 heteroatoms. The highest BCUT2D eigenvalue weighted by Gasteiger charge is 2.23. The van der Waals surface area contributed by atoms with Crippen LogP contribution in [0.4, 0.5) is 0 Å². The molecule has 0 aliphatic heterocycles. The van der Waals surface area contributed by atoms with Crippen LogP contribution < -0.4 is 0 Å². The first-order valence-electron chi connectivity index (χ1n) is 9.67. The van der Waals surface area contributed by atoms with Gasteiger partial charge in [0.05, 0.1) is 11.0 Å². The smallest absolute Gasteiger partial charge is 0.0705 e. The third kappa shape index (κ3) is 3.57. The van der Waals surface area contributed by atoms with E-state index >= 15 is 0 Å². The van der Waals surface area contributed by atoms with E-state index in [1.807, 2.05) is 12.3 Å². The van der Waals surface area contributed by atoms with Gasteiger partial charge < -0.3 is 0 Å². The monoisotopic (exact) mass is 354 g/mol. The van der Waals surface area contributed by atoms with E-state index in [1.54, 1.807) is 0 Å². The van der Waals surface area contributed by atoms with Gasteiger partial charge in [-0.25, -0.2) is 0 Å². The Morgan fingerprint density at radius 1 is 0.852 bits per heavy atom. The van der Waals surface area contributed by atoms with Gasteiger partial charge in [0.25, 0.3) is 0 Å². The quantitative estimate of drug-likeness (QED) is 0.422. The molecule has 0 atom stereocenters. The van der Waals surface area contributed by atoms with Gasteiger partial charge in [-0.15, -0.1) is 0 Å². The number of benzene rings is 2. The van der Waals surface area contributed by atoms with Gasteiger partial charge in [-0.05, 0) is 59.2 Å². The van der Waals surface area contributed by atoms with E-state index in [1.165, 1.54) is 21.9 Å². The van der Waals surface area contributed by atoms with Crippen molar-refractivity contribution in [3.05, 3.63) is 83.7 Å². The minimum absolute atomic E-state index is 0.0322. The molecule has 4 aromatic rings. The molecule has 0 amide bonds. The van der Waals surface area contributed by atoms with Crippen molar-refractivity contribution >= 4 is 21.8 Å². The van der Waals surface area contributed by atoms with Crippen molar-refractivity contribution in [1.82, 2.24) is 9.97 Å². The SMILES string of the molecule is CC(C)c1ccc2nc(CC(C)(C)c3cnc4ccccc4c3)ccc2c1. The molecule has 2 aromatic heterocycles. The summed E-state index contributed by atoms with van der Waals surface area (Å²) in [5.74, 6) is 0.536. The van der Waals surface area contributed by atoms with E-state index in [-0.39, 0.29) is 5.41 Å². The molecule has 0 radical (unpaired) electrons. The average molecular weight is 354 g/mol. The van der Waals surface area contributed by atoms with Crippen molar-refractivity contribution in [3.8, 4) is 0 Å². The lowest BCUT2D eigenvalue weighted by Gasteiger charge is -2.25. The second-order valence-electron chi connectivity index (χ2n) is 8.39. The Morgan fingerprint density at radius 3 is 2.44 bits per heavy atom. The Hall–Kier alpha value is -2.74. The molecule has 0 aliphatic rings. The second-order valence-corrected chi connectivity index (χ2v) is 8.39. The maximum Gasteiger partial charge on any atom is 0.0705 e. The highest BCUT2D eigenvalue weighted by molar-refractivity contribution is 5.80. The van der Waals surface area contributed by atoms with Crippen molar-refractivity contribution in [3.63, 3.8) is 0 Å². The van der Waals surface area contributed by atoms with Crippen LogP contribution in [0.1, 0.15) is 50.4 Å². The zero-order chi connectivity index (χ0) is 19.0. The molecule has 0 saturated heterocycles. The first kappa shape index (κ1) is 17.7. The molecule has 0 bridgehead atoms. The van der Waals surface area contributed by atoms with E-state index in [0.717, 1.165) is 23.1 Å².